The number of thioether (sulfide) groups is 1. The van der Waals surface area contributed by atoms with Crippen LogP contribution in [0.4, 0.5) is 5.13 Å². The van der Waals surface area contributed by atoms with Gasteiger partial charge in [0.25, 0.3) is 5.91 Å². The quantitative estimate of drug-likeness (QED) is 0.314. The number of nitrogens with one attached hydrogen (secondary N) is 1. The van der Waals surface area contributed by atoms with Gasteiger partial charge in [-0.15, -0.1) is 10.2 Å². The zero-order valence-electron chi connectivity index (χ0n) is 15.7. The average molecular weight is 416 g/mol. The summed E-state index contributed by atoms with van der Waals surface area (Å²) < 4.78 is 11.3. The van der Waals surface area contributed by atoms with Gasteiger partial charge in [0, 0.05) is 11.3 Å². The fourth-order valence-corrected chi connectivity index (χ4v) is 4.30. The van der Waals surface area contributed by atoms with Crippen molar-refractivity contribution in [2.75, 3.05) is 25.3 Å². The molecule has 0 saturated heterocycles. The molecule has 0 bridgehead atoms. The normalized spacial score (nSPS) is 10.5. The maximum Gasteiger partial charge on any atom is 0.257 e. The molecular formula is C20H21N3O3S2. The minimum atomic E-state index is -0.266. The molecule has 28 heavy (non-hydrogen) atoms. The van der Waals surface area contributed by atoms with Gasteiger partial charge in [0.15, 0.2) is 15.8 Å². The second-order valence-electron chi connectivity index (χ2n) is 5.83. The number of carbonyl (C=O) groups excluding carboxylic acids is 1. The first kappa shape index (κ1) is 20.2. The SMILES string of the molecule is COc1ccc(C(=O)Nc2nnc(SCCCc3ccccc3)s2)cc1OC. The summed E-state index contributed by atoms with van der Waals surface area (Å²) in [6.07, 6.45) is 2.09. The summed E-state index contributed by atoms with van der Waals surface area (Å²) in [5.41, 5.74) is 1.80. The molecule has 0 aliphatic heterocycles. The molecule has 1 aromatic heterocycles. The van der Waals surface area contributed by atoms with Crippen LogP contribution >= 0.6 is 23.1 Å². The van der Waals surface area contributed by atoms with Crippen LogP contribution in [0.2, 0.25) is 0 Å². The highest BCUT2D eigenvalue weighted by molar-refractivity contribution is 8.01. The van der Waals surface area contributed by atoms with E-state index < -0.39 is 0 Å². The molecule has 1 amide bonds. The minimum Gasteiger partial charge on any atom is -0.493 e. The Bertz CT molecular complexity index is 916. The molecule has 1 heterocycles. The lowest BCUT2D eigenvalue weighted by Gasteiger charge is -2.08. The van der Waals surface area contributed by atoms with Crippen LogP contribution in [0.5, 0.6) is 11.5 Å². The molecule has 8 heteroatoms. The lowest BCUT2D eigenvalue weighted by atomic mass is 10.1. The molecule has 6 nitrogen and oxygen atoms in total. The van der Waals surface area contributed by atoms with Crippen LogP contribution in [0.15, 0.2) is 52.9 Å². The Morgan fingerprint density at radius 2 is 1.86 bits per heavy atom. The van der Waals surface area contributed by atoms with Crippen LogP contribution in [0.25, 0.3) is 0 Å². The molecular weight excluding hydrogens is 394 g/mol. The number of anilines is 1. The number of carbonyl (C=O) groups is 1. The van der Waals surface area contributed by atoms with Gasteiger partial charge in [0.2, 0.25) is 5.13 Å². The van der Waals surface area contributed by atoms with E-state index in [-0.39, 0.29) is 5.91 Å². The molecule has 0 atom stereocenters. The number of amides is 1. The summed E-state index contributed by atoms with van der Waals surface area (Å²) in [5.74, 6) is 1.76. The van der Waals surface area contributed by atoms with Gasteiger partial charge in [0.05, 0.1) is 14.2 Å². The highest BCUT2D eigenvalue weighted by Gasteiger charge is 2.13. The van der Waals surface area contributed by atoms with Gasteiger partial charge in [-0.1, -0.05) is 53.4 Å². The molecule has 1 N–H and O–H groups in total. The van der Waals surface area contributed by atoms with E-state index >= 15 is 0 Å². The number of ether oxygens (including phenoxy) is 2. The Labute approximate surface area is 172 Å². The van der Waals surface area contributed by atoms with Crippen molar-refractivity contribution in [1.29, 1.82) is 0 Å². The first-order chi connectivity index (χ1) is 13.7. The third-order valence-corrected chi connectivity index (χ3v) is 6.01. The van der Waals surface area contributed by atoms with E-state index in [9.17, 15) is 4.79 Å². The number of benzene rings is 2. The minimum absolute atomic E-state index is 0.266. The maximum atomic E-state index is 12.4. The van der Waals surface area contributed by atoms with Crippen LogP contribution in [0, 0.1) is 0 Å². The molecule has 0 fully saturated rings. The first-order valence-electron chi connectivity index (χ1n) is 8.73. The fourth-order valence-electron chi connectivity index (χ4n) is 2.55. The standard InChI is InChI=1S/C20H21N3O3S2/c1-25-16-11-10-15(13-17(16)26-2)18(24)21-19-22-23-20(28-19)27-12-6-9-14-7-4-3-5-8-14/h3-5,7-8,10-11,13H,6,9,12H2,1-2H3,(H,21,22,24). The summed E-state index contributed by atoms with van der Waals surface area (Å²) >= 11 is 3.02. The predicted octanol–water partition coefficient (Wildman–Crippen LogP) is 4.53. The van der Waals surface area contributed by atoms with Gasteiger partial charge in [-0.3, -0.25) is 10.1 Å². The van der Waals surface area contributed by atoms with Gasteiger partial charge in [-0.05, 0) is 36.6 Å². The van der Waals surface area contributed by atoms with Crippen LogP contribution in [0.3, 0.4) is 0 Å². The Hall–Kier alpha value is -2.58. The average Bonchev–Trinajstić information content (AvgIpc) is 3.18. The number of rotatable bonds is 9. The first-order valence-corrected chi connectivity index (χ1v) is 10.5. The number of nitrogens with zero attached hydrogens (tertiary/aromatic N) is 2. The third kappa shape index (κ3) is 5.46. The molecule has 0 radical (unpaired) electrons. The van der Waals surface area contributed by atoms with E-state index in [1.807, 2.05) is 6.07 Å². The van der Waals surface area contributed by atoms with E-state index in [2.05, 4.69) is 39.8 Å². The van der Waals surface area contributed by atoms with E-state index in [0.717, 1.165) is 22.9 Å². The van der Waals surface area contributed by atoms with E-state index in [4.69, 9.17) is 9.47 Å². The van der Waals surface area contributed by atoms with Gasteiger partial charge < -0.3 is 9.47 Å². The molecule has 0 spiro atoms. The summed E-state index contributed by atoms with van der Waals surface area (Å²) in [6.45, 7) is 0. The molecule has 2 aromatic carbocycles. The van der Waals surface area contributed by atoms with E-state index in [1.54, 1.807) is 37.1 Å². The molecule has 0 aliphatic carbocycles. The Kier molecular flexibility index (Phi) is 7.27. The van der Waals surface area contributed by atoms with E-state index in [0.29, 0.717) is 22.2 Å². The molecule has 3 rings (SSSR count). The third-order valence-electron chi connectivity index (χ3n) is 3.95. The monoisotopic (exact) mass is 415 g/mol. The molecule has 3 aromatic rings. The number of methoxy groups -OCH3 is 2. The van der Waals surface area contributed by atoms with Crippen LogP contribution in [-0.4, -0.2) is 36.1 Å². The van der Waals surface area contributed by atoms with Crippen molar-refractivity contribution >= 4 is 34.1 Å². The van der Waals surface area contributed by atoms with Crippen molar-refractivity contribution in [3.63, 3.8) is 0 Å². The van der Waals surface area contributed by atoms with Gasteiger partial charge in [-0.2, -0.15) is 0 Å². The van der Waals surface area contributed by atoms with Crippen molar-refractivity contribution in [3.8, 4) is 11.5 Å². The highest BCUT2D eigenvalue weighted by atomic mass is 32.2. The Morgan fingerprint density at radius 3 is 2.61 bits per heavy atom. The molecule has 0 unspecified atom stereocenters. The van der Waals surface area contributed by atoms with Crippen molar-refractivity contribution in [1.82, 2.24) is 10.2 Å². The lowest BCUT2D eigenvalue weighted by Crippen LogP contribution is -2.11. The van der Waals surface area contributed by atoms with Gasteiger partial charge >= 0.3 is 0 Å². The topological polar surface area (TPSA) is 73.3 Å². The second kappa shape index (κ2) is 10.1. The molecule has 0 saturated carbocycles. The van der Waals surface area contributed by atoms with Crippen molar-refractivity contribution < 1.29 is 14.3 Å². The van der Waals surface area contributed by atoms with Gasteiger partial charge in [-0.25, -0.2) is 0 Å². The highest BCUT2D eigenvalue weighted by Crippen LogP contribution is 2.29. The zero-order chi connectivity index (χ0) is 19.8. The smallest absolute Gasteiger partial charge is 0.257 e. The zero-order valence-corrected chi connectivity index (χ0v) is 17.3. The van der Waals surface area contributed by atoms with Crippen LogP contribution in [-0.2, 0) is 6.42 Å². The summed E-state index contributed by atoms with van der Waals surface area (Å²) in [5, 5.41) is 11.5. The lowest BCUT2D eigenvalue weighted by molar-refractivity contribution is 0.102. The number of aromatic nitrogens is 2. The van der Waals surface area contributed by atoms with E-state index in [1.165, 1.54) is 24.0 Å². The van der Waals surface area contributed by atoms with Crippen LogP contribution < -0.4 is 14.8 Å². The second-order valence-corrected chi connectivity index (χ2v) is 8.15. The van der Waals surface area contributed by atoms with Crippen molar-refractivity contribution in [3.05, 3.63) is 59.7 Å². The Balaban J connectivity index is 1.50. The summed E-state index contributed by atoms with van der Waals surface area (Å²) in [7, 11) is 3.09. The summed E-state index contributed by atoms with van der Waals surface area (Å²) in [4.78, 5) is 12.4. The van der Waals surface area contributed by atoms with Crippen molar-refractivity contribution in [2.24, 2.45) is 0 Å². The largest absolute Gasteiger partial charge is 0.493 e. The molecule has 146 valence electrons. The number of aryl methyl sites for hydroxylation is 1. The number of hydrogen-bond donors (Lipinski definition) is 1. The Morgan fingerprint density at radius 1 is 1.07 bits per heavy atom. The fraction of sp³-hybridized carbons (Fsp3) is 0.250. The molecule has 0 aliphatic rings. The van der Waals surface area contributed by atoms with Gasteiger partial charge in [0.1, 0.15) is 0 Å². The maximum absolute atomic E-state index is 12.4. The van der Waals surface area contributed by atoms with Crippen molar-refractivity contribution in [2.45, 2.75) is 17.2 Å². The number of hydrogen-bond acceptors (Lipinski definition) is 7. The predicted molar refractivity (Wildman–Crippen MR) is 113 cm³/mol. The summed E-state index contributed by atoms with van der Waals surface area (Å²) in [6, 6.07) is 15.4. The van der Waals surface area contributed by atoms with Crippen LogP contribution in [0.1, 0.15) is 22.3 Å².